The molecule has 0 aliphatic heterocycles. The molecule has 0 heterocycles. The van der Waals surface area contributed by atoms with E-state index in [0.29, 0.717) is 12.5 Å². The van der Waals surface area contributed by atoms with Gasteiger partial charge in [-0.15, -0.1) is 6.58 Å². The molecule has 0 fully saturated rings. The summed E-state index contributed by atoms with van der Waals surface area (Å²) in [6, 6.07) is 8.05. The van der Waals surface area contributed by atoms with E-state index >= 15 is 0 Å². The van der Waals surface area contributed by atoms with E-state index in [9.17, 15) is 5.11 Å². The van der Waals surface area contributed by atoms with Crippen LogP contribution in [0.2, 0.25) is 0 Å². The Morgan fingerprint density at radius 1 is 1.45 bits per heavy atom. The highest BCUT2D eigenvalue weighted by molar-refractivity contribution is 5.28. The van der Waals surface area contributed by atoms with Crippen LogP contribution in [-0.4, -0.2) is 35.8 Å². The zero-order valence-electron chi connectivity index (χ0n) is 13.1. The standard InChI is InChI=1S/C17H27NO2/c1-6-17(4,19)13-18(11-14(2)3)12-15-8-7-9-16(10-15)20-5/h6-10,14,19H,1,11-13H2,2-5H3. The van der Waals surface area contributed by atoms with E-state index in [4.69, 9.17) is 4.74 Å². The van der Waals surface area contributed by atoms with E-state index in [-0.39, 0.29) is 0 Å². The van der Waals surface area contributed by atoms with Gasteiger partial charge >= 0.3 is 0 Å². The van der Waals surface area contributed by atoms with Crippen molar-refractivity contribution in [2.24, 2.45) is 5.92 Å². The minimum absolute atomic E-state index is 0.543. The summed E-state index contributed by atoms with van der Waals surface area (Å²) in [5.74, 6) is 1.41. The Kier molecular flexibility index (Phi) is 6.24. The summed E-state index contributed by atoms with van der Waals surface area (Å²) in [7, 11) is 1.67. The fraction of sp³-hybridized carbons (Fsp3) is 0.529. The molecule has 0 saturated carbocycles. The van der Waals surface area contributed by atoms with E-state index in [1.54, 1.807) is 20.1 Å². The Balaban J connectivity index is 2.80. The van der Waals surface area contributed by atoms with Crippen molar-refractivity contribution in [1.82, 2.24) is 4.90 Å². The van der Waals surface area contributed by atoms with Gasteiger partial charge in [0.05, 0.1) is 12.7 Å². The summed E-state index contributed by atoms with van der Waals surface area (Å²) in [6.07, 6.45) is 1.60. The monoisotopic (exact) mass is 277 g/mol. The second kappa shape index (κ2) is 7.46. The summed E-state index contributed by atoms with van der Waals surface area (Å²) in [6.45, 7) is 12.2. The van der Waals surface area contributed by atoms with Gasteiger partial charge in [0.25, 0.3) is 0 Å². The van der Waals surface area contributed by atoms with E-state index in [0.717, 1.165) is 18.8 Å². The maximum absolute atomic E-state index is 10.2. The lowest BCUT2D eigenvalue weighted by atomic mass is 10.0. The van der Waals surface area contributed by atoms with Crippen molar-refractivity contribution >= 4 is 0 Å². The molecule has 0 aliphatic rings. The maximum atomic E-state index is 10.2. The van der Waals surface area contributed by atoms with E-state index in [2.05, 4.69) is 31.4 Å². The number of hydrogen-bond acceptors (Lipinski definition) is 3. The number of ether oxygens (including phenoxy) is 1. The maximum Gasteiger partial charge on any atom is 0.119 e. The van der Waals surface area contributed by atoms with Crippen LogP contribution in [0.25, 0.3) is 0 Å². The Hall–Kier alpha value is -1.32. The first kappa shape index (κ1) is 16.7. The lowest BCUT2D eigenvalue weighted by Crippen LogP contribution is -2.40. The molecule has 1 rings (SSSR count). The highest BCUT2D eigenvalue weighted by Gasteiger charge is 2.21. The molecule has 112 valence electrons. The van der Waals surface area contributed by atoms with Crippen LogP contribution in [0.5, 0.6) is 5.75 Å². The van der Waals surface area contributed by atoms with Gasteiger partial charge in [-0.3, -0.25) is 4.90 Å². The van der Waals surface area contributed by atoms with Gasteiger partial charge in [-0.1, -0.05) is 32.1 Å². The number of benzene rings is 1. The van der Waals surface area contributed by atoms with Crippen molar-refractivity contribution in [2.45, 2.75) is 32.9 Å². The van der Waals surface area contributed by atoms with Gasteiger partial charge < -0.3 is 9.84 Å². The average molecular weight is 277 g/mol. The van der Waals surface area contributed by atoms with Crippen LogP contribution in [0.1, 0.15) is 26.3 Å². The van der Waals surface area contributed by atoms with E-state index in [1.165, 1.54) is 5.56 Å². The number of methoxy groups -OCH3 is 1. The van der Waals surface area contributed by atoms with Gasteiger partial charge in [-0.2, -0.15) is 0 Å². The summed E-state index contributed by atoms with van der Waals surface area (Å²) in [4.78, 5) is 2.25. The minimum Gasteiger partial charge on any atom is -0.497 e. The van der Waals surface area contributed by atoms with Crippen molar-refractivity contribution in [3.8, 4) is 5.75 Å². The third-order valence-electron chi connectivity index (χ3n) is 3.15. The Morgan fingerprint density at radius 2 is 2.15 bits per heavy atom. The molecule has 3 nitrogen and oxygen atoms in total. The minimum atomic E-state index is -0.867. The van der Waals surface area contributed by atoms with Crippen molar-refractivity contribution in [2.75, 3.05) is 20.2 Å². The number of hydrogen-bond donors (Lipinski definition) is 1. The number of aliphatic hydroxyl groups is 1. The highest BCUT2D eigenvalue weighted by Crippen LogP contribution is 2.17. The third kappa shape index (κ3) is 5.76. The summed E-state index contributed by atoms with van der Waals surface area (Å²) >= 11 is 0. The second-order valence-corrected chi connectivity index (χ2v) is 5.98. The van der Waals surface area contributed by atoms with Crippen molar-refractivity contribution in [1.29, 1.82) is 0 Å². The summed E-state index contributed by atoms with van der Waals surface area (Å²) < 4.78 is 5.26. The smallest absolute Gasteiger partial charge is 0.119 e. The van der Waals surface area contributed by atoms with Crippen LogP contribution in [-0.2, 0) is 6.54 Å². The molecule has 0 radical (unpaired) electrons. The van der Waals surface area contributed by atoms with E-state index < -0.39 is 5.60 Å². The lowest BCUT2D eigenvalue weighted by Gasteiger charge is -2.31. The molecule has 0 bridgehead atoms. The molecule has 1 atom stereocenters. The predicted octanol–water partition coefficient (Wildman–Crippen LogP) is 3.09. The molecule has 1 unspecified atom stereocenters. The topological polar surface area (TPSA) is 32.7 Å². The molecule has 20 heavy (non-hydrogen) atoms. The fourth-order valence-electron chi connectivity index (χ4n) is 2.25. The first-order chi connectivity index (χ1) is 9.36. The summed E-state index contributed by atoms with van der Waals surface area (Å²) in [5, 5.41) is 10.2. The molecule has 0 aromatic heterocycles. The normalized spacial score (nSPS) is 14.3. The van der Waals surface area contributed by atoms with Crippen LogP contribution in [0.4, 0.5) is 0 Å². The Bertz CT molecular complexity index is 427. The first-order valence-electron chi connectivity index (χ1n) is 7.07. The molecule has 1 aromatic rings. The Morgan fingerprint density at radius 3 is 2.70 bits per heavy atom. The number of nitrogens with zero attached hydrogens (tertiary/aromatic N) is 1. The molecular formula is C17H27NO2. The average Bonchev–Trinajstić information content (AvgIpc) is 2.37. The molecular weight excluding hydrogens is 250 g/mol. The van der Waals surface area contributed by atoms with Gasteiger partial charge in [-0.25, -0.2) is 0 Å². The molecule has 0 amide bonds. The first-order valence-corrected chi connectivity index (χ1v) is 7.07. The second-order valence-electron chi connectivity index (χ2n) is 5.98. The van der Waals surface area contributed by atoms with Gasteiger partial charge in [0.2, 0.25) is 0 Å². The Labute approximate surface area is 122 Å². The quantitative estimate of drug-likeness (QED) is 0.741. The van der Waals surface area contributed by atoms with Gasteiger partial charge in [-0.05, 0) is 30.5 Å². The van der Waals surface area contributed by atoms with Crippen molar-refractivity contribution in [3.63, 3.8) is 0 Å². The predicted molar refractivity (Wildman–Crippen MR) is 83.9 cm³/mol. The SMILES string of the molecule is C=CC(C)(O)CN(Cc1cccc(OC)c1)CC(C)C. The van der Waals surface area contributed by atoms with Crippen LogP contribution in [0, 0.1) is 5.92 Å². The molecule has 0 aliphatic carbocycles. The fourth-order valence-corrected chi connectivity index (χ4v) is 2.25. The van der Waals surface area contributed by atoms with Crippen molar-refractivity contribution < 1.29 is 9.84 Å². The van der Waals surface area contributed by atoms with Crippen LogP contribution < -0.4 is 4.74 Å². The molecule has 0 saturated heterocycles. The zero-order valence-corrected chi connectivity index (χ0v) is 13.1. The van der Waals surface area contributed by atoms with Gasteiger partial charge in [0, 0.05) is 19.6 Å². The number of rotatable bonds is 8. The summed E-state index contributed by atoms with van der Waals surface area (Å²) in [5.41, 5.74) is 0.318. The lowest BCUT2D eigenvalue weighted by molar-refractivity contribution is 0.0541. The molecule has 3 heteroatoms. The molecule has 0 spiro atoms. The molecule has 1 aromatic carbocycles. The third-order valence-corrected chi connectivity index (χ3v) is 3.15. The van der Waals surface area contributed by atoms with Gasteiger partial charge in [0.15, 0.2) is 0 Å². The van der Waals surface area contributed by atoms with E-state index in [1.807, 2.05) is 18.2 Å². The van der Waals surface area contributed by atoms with Gasteiger partial charge in [0.1, 0.15) is 5.75 Å². The van der Waals surface area contributed by atoms with Crippen LogP contribution >= 0.6 is 0 Å². The highest BCUT2D eigenvalue weighted by atomic mass is 16.5. The van der Waals surface area contributed by atoms with Crippen LogP contribution in [0.3, 0.4) is 0 Å². The zero-order chi connectivity index (χ0) is 15.2. The molecule has 1 N–H and O–H groups in total. The van der Waals surface area contributed by atoms with Crippen LogP contribution in [0.15, 0.2) is 36.9 Å². The van der Waals surface area contributed by atoms with Crippen molar-refractivity contribution in [3.05, 3.63) is 42.5 Å². The largest absolute Gasteiger partial charge is 0.497 e.